The second-order valence-corrected chi connectivity index (χ2v) is 5.72. The van der Waals surface area contributed by atoms with Crippen LogP contribution in [0.5, 0.6) is 5.75 Å². The number of ether oxygens (including phenoxy) is 2. The summed E-state index contributed by atoms with van der Waals surface area (Å²) in [5.41, 5.74) is 1.81. The third-order valence-electron chi connectivity index (χ3n) is 3.28. The minimum Gasteiger partial charge on any atom is -0.497 e. The number of nitrogens with one attached hydrogen (secondary N) is 1. The fraction of sp³-hybridized carbons (Fsp3) is 0.278. The molecule has 7 heteroatoms. The molecule has 0 aliphatic heterocycles. The lowest BCUT2D eigenvalue weighted by Crippen LogP contribution is -2.05. The van der Waals surface area contributed by atoms with E-state index in [-0.39, 0.29) is 0 Å². The van der Waals surface area contributed by atoms with Crippen LogP contribution in [-0.2, 0) is 16.1 Å². The Morgan fingerprint density at radius 1 is 1.32 bits per heavy atom. The van der Waals surface area contributed by atoms with Crippen LogP contribution in [0.4, 0.5) is 5.82 Å². The molecular formula is C18H21N3O3S. The molecule has 25 heavy (non-hydrogen) atoms. The van der Waals surface area contributed by atoms with Crippen molar-refractivity contribution in [3.63, 3.8) is 0 Å². The molecule has 0 aliphatic carbocycles. The van der Waals surface area contributed by atoms with Crippen molar-refractivity contribution in [2.24, 2.45) is 0 Å². The SMILES string of the molecule is CCOC(=O)C=Cc1cnc(SC)nc1NCc1ccc(OC)cc1. The Morgan fingerprint density at radius 3 is 2.72 bits per heavy atom. The zero-order valence-electron chi connectivity index (χ0n) is 14.5. The van der Waals surface area contributed by atoms with Gasteiger partial charge in [-0.1, -0.05) is 23.9 Å². The fourth-order valence-electron chi connectivity index (χ4n) is 2.01. The molecular weight excluding hydrogens is 338 g/mol. The molecule has 0 spiro atoms. The van der Waals surface area contributed by atoms with Crippen LogP contribution in [0.15, 0.2) is 41.7 Å². The molecule has 1 N–H and O–H groups in total. The first-order chi connectivity index (χ1) is 12.2. The lowest BCUT2D eigenvalue weighted by atomic mass is 10.2. The van der Waals surface area contributed by atoms with E-state index in [1.54, 1.807) is 26.3 Å². The van der Waals surface area contributed by atoms with Crippen LogP contribution >= 0.6 is 11.8 Å². The van der Waals surface area contributed by atoms with E-state index in [9.17, 15) is 4.79 Å². The lowest BCUT2D eigenvalue weighted by molar-refractivity contribution is -0.137. The number of benzene rings is 1. The first-order valence-corrected chi connectivity index (χ1v) is 9.01. The molecule has 1 aromatic heterocycles. The third kappa shape index (κ3) is 5.79. The highest BCUT2D eigenvalue weighted by molar-refractivity contribution is 7.98. The average molecular weight is 359 g/mol. The Labute approximate surface area is 151 Å². The number of rotatable bonds is 8. The summed E-state index contributed by atoms with van der Waals surface area (Å²) in [7, 11) is 1.64. The Hall–Kier alpha value is -2.54. The van der Waals surface area contributed by atoms with Crippen LogP contribution in [0.3, 0.4) is 0 Å². The second-order valence-electron chi connectivity index (χ2n) is 4.95. The highest BCUT2D eigenvalue weighted by Crippen LogP contribution is 2.19. The summed E-state index contributed by atoms with van der Waals surface area (Å²) >= 11 is 1.46. The third-order valence-corrected chi connectivity index (χ3v) is 3.84. The van der Waals surface area contributed by atoms with Crippen molar-refractivity contribution in [1.82, 2.24) is 9.97 Å². The van der Waals surface area contributed by atoms with Crippen LogP contribution in [0.2, 0.25) is 0 Å². The Bertz CT molecular complexity index is 733. The summed E-state index contributed by atoms with van der Waals surface area (Å²) in [6.07, 6.45) is 6.62. The van der Waals surface area contributed by atoms with Crippen molar-refractivity contribution in [2.75, 3.05) is 25.3 Å². The quantitative estimate of drug-likeness (QED) is 0.335. The van der Waals surface area contributed by atoms with E-state index < -0.39 is 5.97 Å². The minimum absolute atomic E-state index is 0.341. The van der Waals surface area contributed by atoms with E-state index in [1.807, 2.05) is 30.5 Å². The zero-order valence-corrected chi connectivity index (χ0v) is 15.3. The predicted molar refractivity (Wildman–Crippen MR) is 99.8 cm³/mol. The van der Waals surface area contributed by atoms with Gasteiger partial charge in [0, 0.05) is 24.4 Å². The van der Waals surface area contributed by atoms with E-state index in [1.165, 1.54) is 17.8 Å². The molecule has 0 saturated carbocycles. The maximum absolute atomic E-state index is 11.5. The zero-order chi connectivity index (χ0) is 18.1. The standard InChI is InChI=1S/C18H21N3O3S/c1-4-24-16(22)10-7-14-12-20-18(25-3)21-17(14)19-11-13-5-8-15(23-2)9-6-13/h5-10,12H,4,11H2,1-3H3,(H,19,20,21). The number of hydrogen-bond donors (Lipinski definition) is 1. The second kappa shape index (κ2) is 9.68. The van der Waals surface area contributed by atoms with E-state index in [0.29, 0.717) is 24.1 Å². The molecule has 132 valence electrons. The van der Waals surface area contributed by atoms with Crippen molar-refractivity contribution in [3.05, 3.63) is 47.7 Å². The molecule has 0 unspecified atom stereocenters. The first kappa shape index (κ1) is 18.8. The van der Waals surface area contributed by atoms with Gasteiger partial charge in [-0.3, -0.25) is 0 Å². The summed E-state index contributed by atoms with van der Waals surface area (Å²) in [5.74, 6) is 1.08. The van der Waals surface area contributed by atoms with E-state index in [4.69, 9.17) is 9.47 Å². The van der Waals surface area contributed by atoms with Crippen molar-refractivity contribution in [2.45, 2.75) is 18.6 Å². The topological polar surface area (TPSA) is 73.3 Å². The summed E-state index contributed by atoms with van der Waals surface area (Å²) in [6, 6.07) is 7.78. The summed E-state index contributed by atoms with van der Waals surface area (Å²) in [5, 5.41) is 3.95. The molecule has 0 atom stereocenters. The molecule has 0 radical (unpaired) electrons. The molecule has 2 rings (SSSR count). The van der Waals surface area contributed by atoms with Crippen LogP contribution in [0, 0.1) is 0 Å². The maximum atomic E-state index is 11.5. The van der Waals surface area contributed by atoms with Gasteiger partial charge in [0.1, 0.15) is 11.6 Å². The number of thioether (sulfide) groups is 1. The largest absolute Gasteiger partial charge is 0.497 e. The van der Waals surface area contributed by atoms with Crippen molar-refractivity contribution >= 4 is 29.6 Å². The predicted octanol–water partition coefficient (Wildman–Crippen LogP) is 3.40. The Kier molecular flexibility index (Phi) is 7.28. The van der Waals surface area contributed by atoms with Gasteiger partial charge >= 0.3 is 5.97 Å². The molecule has 1 aromatic carbocycles. The molecule has 6 nitrogen and oxygen atoms in total. The lowest BCUT2D eigenvalue weighted by Gasteiger charge is -2.10. The number of aromatic nitrogens is 2. The molecule has 2 aromatic rings. The van der Waals surface area contributed by atoms with Crippen molar-refractivity contribution in [1.29, 1.82) is 0 Å². The highest BCUT2D eigenvalue weighted by atomic mass is 32.2. The molecule has 0 fully saturated rings. The monoisotopic (exact) mass is 359 g/mol. The van der Waals surface area contributed by atoms with Gasteiger partial charge < -0.3 is 14.8 Å². The van der Waals surface area contributed by atoms with Crippen LogP contribution < -0.4 is 10.1 Å². The number of methoxy groups -OCH3 is 1. The summed E-state index contributed by atoms with van der Waals surface area (Å²) in [6.45, 7) is 2.70. The van der Waals surface area contributed by atoms with Gasteiger partial charge in [-0.2, -0.15) is 0 Å². The van der Waals surface area contributed by atoms with Gasteiger partial charge in [0.15, 0.2) is 5.16 Å². The van der Waals surface area contributed by atoms with Crippen LogP contribution in [0.25, 0.3) is 6.08 Å². The maximum Gasteiger partial charge on any atom is 0.330 e. The van der Waals surface area contributed by atoms with E-state index in [0.717, 1.165) is 16.9 Å². The van der Waals surface area contributed by atoms with E-state index >= 15 is 0 Å². The number of esters is 1. The molecule has 0 aliphatic rings. The number of hydrogen-bond acceptors (Lipinski definition) is 7. The Morgan fingerprint density at radius 2 is 2.08 bits per heavy atom. The molecule has 0 saturated heterocycles. The minimum atomic E-state index is -0.391. The fourth-order valence-corrected chi connectivity index (χ4v) is 2.35. The average Bonchev–Trinajstić information content (AvgIpc) is 2.65. The number of carbonyl (C=O) groups excluding carboxylic acids is 1. The number of carbonyl (C=O) groups is 1. The van der Waals surface area contributed by atoms with Gasteiger partial charge in [-0.15, -0.1) is 0 Å². The molecule has 0 amide bonds. The van der Waals surface area contributed by atoms with Gasteiger partial charge in [0.2, 0.25) is 0 Å². The summed E-state index contributed by atoms with van der Waals surface area (Å²) < 4.78 is 10.1. The summed E-state index contributed by atoms with van der Waals surface area (Å²) in [4.78, 5) is 20.2. The van der Waals surface area contributed by atoms with Gasteiger partial charge in [-0.05, 0) is 37.0 Å². The van der Waals surface area contributed by atoms with Crippen molar-refractivity contribution in [3.8, 4) is 5.75 Å². The van der Waals surface area contributed by atoms with Gasteiger partial charge in [0.05, 0.1) is 13.7 Å². The molecule has 0 bridgehead atoms. The molecule has 1 heterocycles. The Balaban J connectivity index is 2.14. The van der Waals surface area contributed by atoms with Crippen LogP contribution in [-0.4, -0.2) is 35.9 Å². The first-order valence-electron chi connectivity index (χ1n) is 7.79. The number of nitrogens with zero attached hydrogens (tertiary/aromatic N) is 2. The van der Waals surface area contributed by atoms with Crippen LogP contribution in [0.1, 0.15) is 18.1 Å². The normalized spacial score (nSPS) is 10.7. The van der Waals surface area contributed by atoms with Gasteiger partial charge in [-0.25, -0.2) is 14.8 Å². The number of anilines is 1. The van der Waals surface area contributed by atoms with E-state index in [2.05, 4.69) is 15.3 Å². The van der Waals surface area contributed by atoms with Gasteiger partial charge in [0.25, 0.3) is 0 Å². The highest BCUT2D eigenvalue weighted by Gasteiger charge is 2.06. The van der Waals surface area contributed by atoms with Crippen molar-refractivity contribution < 1.29 is 14.3 Å². The smallest absolute Gasteiger partial charge is 0.330 e.